The van der Waals surface area contributed by atoms with E-state index in [2.05, 4.69) is 10.6 Å². The highest BCUT2D eigenvalue weighted by atomic mass is 35.5. The molecule has 0 aromatic carbocycles. The number of rotatable bonds is 5. The second kappa shape index (κ2) is 7.45. The van der Waals surface area contributed by atoms with Crippen LogP contribution in [0.1, 0.15) is 23.2 Å². The molecule has 2 N–H and O–H groups in total. The lowest BCUT2D eigenvalue weighted by atomic mass is 10.1. The van der Waals surface area contributed by atoms with Crippen molar-refractivity contribution in [1.29, 1.82) is 0 Å². The quantitative estimate of drug-likeness (QED) is 0.819. The molecule has 1 aliphatic rings. The van der Waals surface area contributed by atoms with Crippen LogP contribution in [0.2, 0.25) is 8.67 Å². The highest BCUT2D eigenvalue weighted by molar-refractivity contribution is 7.20. The predicted molar refractivity (Wildman–Crippen MR) is 78.5 cm³/mol. The molecule has 106 valence electrons. The molecule has 0 spiro atoms. The Morgan fingerprint density at radius 1 is 1.47 bits per heavy atom. The Bertz CT molecular complexity index is 433. The smallest absolute Gasteiger partial charge is 0.253 e. The minimum atomic E-state index is -0.206. The molecular weight excluding hydrogens is 307 g/mol. The van der Waals surface area contributed by atoms with Gasteiger partial charge in [-0.15, -0.1) is 11.3 Å². The van der Waals surface area contributed by atoms with Crippen LogP contribution in [0.4, 0.5) is 0 Å². The van der Waals surface area contributed by atoms with Gasteiger partial charge < -0.3 is 15.4 Å². The van der Waals surface area contributed by atoms with E-state index >= 15 is 0 Å². The molecule has 2 heterocycles. The van der Waals surface area contributed by atoms with E-state index in [-0.39, 0.29) is 5.91 Å². The van der Waals surface area contributed by atoms with Gasteiger partial charge in [0.1, 0.15) is 4.34 Å². The molecule has 2 rings (SSSR count). The molecular formula is C12H16Cl2N2O2S. The van der Waals surface area contributed by atoms with E-state index in [4.69, 9.17) is 27.9 Å². The largest absolute Gasteiger partial charge is 0.376 e. The minimum absolute atomic E-state index is 0.206. The first-order valence-electron chi connectivity index (χ1n) is 6.22. The van der Waals surface area contributed by atoms with Gasteiger partial charge in [-0.3, -0.25) is 4.79 Å². The highest BCUT2D eigenvalue weighted by Crippen LogP contribution is 2.30. The Kier molecular flexibility index (Phi) is 5.91. The van der Waals surface area contributed by atoms with Gasteiger partial charge in [0.05, 0.1) is 22.6 Å². The molecule has 0 bridgehead atoms. The number of hydrogen-bond acceptors (Lipinski definition) is 4. The van der Waals surface area contributed by atoms with Crippen molar-refractivity contribution in [3.8, 4) is 0 Å². The molecule has 1 aromatic rings. The third-order valence-electron chi connectivity index (χ3n) is 2.93. The Morgan fingerprint density at radius 2 is 2.21 bits per heavy atom. The number of carbonyl (C=O) groups is 1. The van der Waals surface area contributed by atoms with E-state index in [1.54, 1.807) is 6.07 Å². The van der Waals surface area contributed by atoms with E-state index in [9.17, 15) is 4.79 Å². The number of halogens is 2. The Labute approximate surface area is 126 Å². The average Bonchev–Trinajstić information content (AvgIpc) is 2.75. The van der Waals surface area contributed by atoms with Crippen molar-refractivity contribution in [2.45, 2.75) is 18.9 Å². The minimum Gasteiger partial charge on any atom is -0.376 e. The summed E-state index contributed by atoms with van der Waals surface area (Å²) in [5.41, 5.74) is 0.429. The van der Waals surface area contributed by atoms with Gasteiger partial charge in [0, 0.05) is 6.54 Å². The molecule has 1 amide bonds. The molecule has 7 heteroatoms. The van der Waals surface area contributed by atoms with Crippen molar-refractivity contribution in [3.05, 3.63) is 20.3 Å². The lowest BCUT2D eigenvalue weighted by Gasteiger charge is -2.22. The molecule has 0 radical (unpaired) electrons. The summed E-state index contributed by atoms with van der Waals surface area (Å²) >= 11 is 12.9. The molecule has 1 fully saturated rings. The zero-order valence-corrected chi connectivity index (χ0v) is 12.7. The molecule has 0 saturated carbocycles. The summed E-state index contributed by atoms with van der Waals surface area (Å²) < 4.78 is 6.63. The van der Waals surface area contributed by atoms with Crippen molar-refractivity contribution in [2.24, 2.45) is 0 Å². The normalized spacial score (nSPS) is 16.5. The Hall–Kier alpha value is -0.330. The fourth-order valence-corrected chi connectivity index (χ4v) is 3.40. The van der Waals surface area contributed by atoms with Gasteiger partial charge in [-0.25, -0.2) is 0 Å². The number of ether oxygens (including phenoxy) is 1. The molecule has 1 aliphatic heterocycles. The summed E-state index contributed by atoms with van der Waals surface area (Å²) in [6.07, 6.45) is 2.36. The standard InChI is InChI=1S/C12H16Cl2N2O2S/c13-10-7-9(11(14)19-10)12(17)16-5-6-18-8-1-3-15-4-2-8/h7-8,15H,1-6H2,(H,16,17). The molecule has 1 saturated heterocycles. The van der Waals surface area contributed by atoms with E-state index in [0.717, 1.165) is 25.9 Å². The average molecular weight is 323 g/mol. The van der Waals surface area contributed by atoms with Crippen LogP contribution in [-0.4, -0.2) is 38.3 Å². The van der Waals surface area contributed by atoms with Crippen molar-refractivity contribution in [2.75, 3.05) is 26.2 Å². The van der Waals surface area contributed by atoms with Crippen LogP contribution in [0, 0.1) is 0 Å². The summed E-state index contributed by atoms with van der Waals surface area (Å²) in [5.74, 6) is -0.206. The molecule has 0 unspecified atom stereocenters. The fourth-order valence-electron chi connectivity index (χ4n) is 1.94. The van der Waals surface area contributed by atoms with Crippen molar-refractivity contribution in [3.63, 3.8) is 0 Å². The number of thiophene rings is 1. The SMILES string of the molecule is O=C(NCCOC1CCNCC1)c1cc(Cl)sc1Cl. The summed E-state index contributed by atoms with van der Waals surface area (Å²) in [4.78, 5) is 11.8. The van der Waals surface area contributed by atoms with Crippen LogP contribution < -0.4 is 10.6 Å². The maximum absolute atomic E-state index is 11.8. The number of hydrogen-bond donors (Lipinski definition) is 2. The van der Waals surface area contributed by atoms with Crippen LogP contribution in [-0.2, 0) is 4.74 Å². The third kappa shape index (κ3) is 4.61. The maximum Gasteiger partial charge on any atom is 0.253 e. The van der Waals surface area contributed by atoms with Crippen molar-refractivity contribution < 1.29 is 9.53 Å². The summed E-state index contributed by atoms with van der Waals surface area (Å²) in [5, 5.41) is 6.05. The van der Waals surface area contributed by atoms with Crippen molar-refractivity contribution >= 4 is 40.4 Å². The molecule has 4 nitrogen and oxygen atoms in total. The topological polar surface area (TPSA) is 50.4 Å². The van der Waals surface area contributed by atoms with E-state index < -0.39 is 0 Å². The van der Waals surface area contributed by atoms with Gasteiger partial charge in [0.15, 0.2) is 0 Å². The zero-order chi connectivity index (χ0) is 13.7. The van der Waals surface area contributed by atoms with E-state index in [1.807, 2.05) is 0 Å². The van der Waals surface area contributed by atoms with Crippen LogP contribution in [0.5, 0.6) is 0 Å². The fraction of sp³-hybridized carbons (Fsp3) is 0.583. The summed E-state index contributed by atoms with van der Waals surface area (Å²) in [6, 6.07) is 1.58. The lowest BCUT2D eigenvalue weighted by molar-refractivity contribution is 0.0343. The first kappa shape index (κ1) is 15.1. The van der Waals surface area contributed by atoms with Crippen LogP contribution >= 0.6 is 34.5 Å². The summed E-state index contributed by atoms with van der Waals surface area (Å²) in [6.45, 7) is 3.00. The second-order valence-corrected chi connectivity index (χ2v) is 6.60. The van der Waals surface area contributed by atoms with Crippen LogP contribution in [0.25, 0.3) is 0 Å². The second-order valence-electron chi connectivity index (χ2n) is 4.31. The van der Waals surface area contributed by atoms with Crippen molar-refractivity contribution in [1.82, 2.24) is 10.6 Å². The van der Waals surface area contributed by atoms with Crippen LogP contribution in [0.15, 0.2) is 6.07 Å². The van der Waals surface area contributed by atoms with Gasteiger partial charge in [0.2, 0.25) is 0 Å². The molecule has 0 atom stereocenters. The molecule has 1 aromatic heterocycles. The monoisotopic (exact) mass is 322 g/mol. The predicted octanol–water partition coefficient (Wildman–Crippen LogP) is 2.55. The number of nitrogens with one attached hydrogen (secondary N) is 2. The first-order chi connectivity index (χ1) is 9.16. The number of amides is 1. The number of piperidine rings is 1. The number of carbonyl (C=O) groups excluding carboxylic acids is 1. The van der Waals surface area contributed by atoms with E-state index in [0.29, 0.717) is 33.5 Å². The van der Waals surface area contributed by atoms with Gasteiger partial charge >= 0.3 is 0 Å². The van der Waals surface area contributed by atoms with E-state index in [1.165, 1.54) is 11.3 Å². The molecule has 0 aliphatic carbocycles. The summed E-state index contributed by atoms with van der Waals surface area (Å²) in [7, 11) is 0. The first-order valence-corrected chi connectivity index (χ1v) is 7.79. The molecule has 19 heavy (non-hydrogen) atoms. The lowest BCUT2D eigenvalue weighted by Crippen LogP contribution is -2.34. The van der Waals surface area contributed by atoms with Gasteiger partial charge in [-0.05, 0) is 32.0 Å². The highest BCUT2D eigenvalue weighted by Gasteiger charge is 2.15. The third-order valence-corrected chi connectivity index (χ3v) is 4.42. The Morgan fingerprint density at radius 3 is 2.84 bits per heavy atom. The Balaban J connectivity index is 1.67. The van der Waals surface area contributed by atoms with Gasteiger partial charge in [0.25, 0.3) is 5.91 Å². The van der Waals surface area contributed by atoms with Gasteiger partial charge in [-0.1, -0.05) is 23.2 Å². The zero-order valence-electron chi connectivity index (χ0n) is 10.4. The van der Waals surface area contributed by atoms with Crippen LogP contribution in [0.3, 0.4) is 0 Å². The maximum atomic E-state index is 11.8. The van der Waals surface area contributed by atoms with Gasteiger partial charge in [-0.2, -0.15) is 0 Å².